The number of carboxylic acids is 1. The Kier molecular flexibility index (Phi) is 3.90. The van der Waals surface area contributed by atoms with Crippen LogP contribution in [0.4, 0.5) is 5.69 Å². The van der Waals surface area contributed by atoms with E-state index in [0.717, 1.165) is 16.7 Å². The number of hydrogen-bond donors (Lipinski definition) is 2. The summed E-state index contributed by atoms with van der Waals surface area (Å²) in [6, 6.07) is 5.39. The first-order valence-electron chi connectivity index (χ1n) is 7.60. The van der Waals surface area contributed by atoms with Crippen LogP contribution in [-0.4, -0.2) is 20.6 Å². The van der Waals surface area contributed by atoms with Crippen LogP contribution in [0.3, 0.4) is 0 Å². The molecule has 1 atom stereocenters. The van der Waals surface area contributed by atoms with Gasteiger partial charge in [0.1, 0.15) is 17.6 Å². The highest BCUT2D eigenvalue weighted by Crippen LogP contribution is 2.23. The van der Waals surface area contributed by atoms with Crippen LogP contribution in [0, 0.1) is 13.8 Å². The topological polar surface area (TPSA) is 84.2 Å². The first kappa shape index (κ1) is 15.3. The van der Waals surface area contributed by atoms with Gasteiger partial charge in [-0.2, -0.15) is 0 Å². The van der Waals surface area contributed by atoms with E-state index >= 15 is 0 Å². The maximum atomic E-state index is 12.5. The molecule has 6 nitrogen and oxygen atoms in total. The molecule has 0 saturated heterocycles. The van der Waals surface area contributed by atoms with Gasteiger partial charge in [-0.1, -0.05) is 29.3 Å². The third kappa shape index (κ3) is 2.97. The van der Waals surface area contributed by atoms with Gasteiger partial charge in [-0.05, 0) is 25.8 Å². The number of benzene rings is 1. The molecule has 1 aliphatic heterocycles. The zero-order chi connectivity index (χ0) is 16.6. The molecule has 0 radical (unpaired) electrons. The van der Waals surface area contributed by atoms with Crippen LogP contribution in [0.1, 0.15) is 35.0 Å². The molecule has 2 heterocycles. The van der Waals surface area contributed by atoms with Gasteiger partial charge in [0.25, 0.3) is 5.56 Å². The molecular formula is C17H19N3O3. The molecule has 1 aromatic carbocycles. The number of aromatic nitrogens is 2. The Morgan fingerprint density at radius 1 is 1.35 bits per heavy atom. The Hall–Kier alpha value is -2.63. The van der Waals surface area contributed by atoms with Crippen molar-refractivity contribution in [2.24, 2.45) is 0 Å². The number of nitrogens with one attached hydrogen (secondary N) is 1. The SMILES string of the molecule is Cc1cc(C)cc(CNc2cnc3n(c2=O)[C@H](C(=O)O)CC3)c1. The molecule has 0 bridgehead atoms. The van der Waals surface area contributed by atoms with Crippen molar-refractivity contribution in [3.8, 4) is 0 Å². The normalized spacial score (nSPS) is 16.2. The van der Waals surface area contributed by atoms with E-state index in [4.69, 9.17) is 0 Å². The molecule has 6 heteroatoms. The highest BCUT2D eigenvalue weighted by atomic mass is 16.4. The van der Waals surface area contributed by atoms with E-state index in [9.17, 15) is 14.7 Å². The average Bonchev–Trinajstić information content (AvgIpc) is 2.90. The molecule has 3 rings (SSSR count). The van der Waals surface area contributed by atoms with Crippen molar-refractivity contribution in [1.29, 1.82) is 0 Å². The van der Waals surface area contributed by atoms with Crippen LogP contribution in [0.2, 0.25) is 0 Å². The minimum absolute atomic E-state index is 0.315. The summed E-state index contributed by atoms with van der Waals surface area (Å²) in [6.45, 7) is 4.55. The number of nitrogens with zero attached hydrogens (tertiary/aromatic N) is 2. The smallest absolute Gasteiger partial charge is 0.326 e. The van der Waals surface area contributed by atoms with Gasteiger partial charge in [-0.3, -0.25) is 9.36 Å². The maximum Gasteiger partial charge on any atom is 0.326 e. The summed E-state index contributed by atoms with van der Waals surface area (Å²) in [6.07, 6.45) is 2.43. The lowest BCUT2D eigenvalue weighted by Gasteiger charge is -2.12. The fraction of sp³-hybridized carbons (Fsp3) is 0.353. The molecule has 120 valence electrons. The number of fused-ring (bicyclic) bond motifs is 1. The Morgan fingerprint density at radius 2 is 2.04 bits per heavy atom. The number of rotatable bonds is 4. The van der Waals surface area contributed by atoms with Crippen molar-refractivity contribution in [3.63, 3.8) is 0 Å². The van der Waals surface area contributed by atoms with Gasteiger partial charge in [0.05, 0.1) is 6.20 Å². The predicted octanol–water partition coefficient (Wildman–Crippen LogP) is 2.04. The average molecular weight is 313 g/mol. The van der Waals surface area contributed by atoms with Crippen LogP contribution in [0.25, 0.3) is 0 Å². The molecular weight excluding hydrogens is 294 g/mol. The van der Waals surface area contributed by atoms with Crippen LogP contribution in [0.5, 0.6) is 0 Å². The number of aliphatic carboxylic acids is 1. The first-order chi connectivity index (χ1) is 11.0. The van der Waals surface area contributed by atoms with E-state index in [1.807, 2.05) is 13.8 Å². The van der Waals surface area contributed by atoms with Crippen molar-refractivity contribution in [2.45, 2.75) is 39.3 Å². The fourth-order valence-corrected chi connectivity index (χ4v) is 3.13. The van der Waals surface area contributed by atoms with Gasteiger partial charge >= 0.3 is 5.97 Å². The summed E-state index contributed by atoms with van der Waals surface area (Å²) in [4.78, 5) is 28.0. The number of hydrogen-bond acceptors (Lipinski definition) is 4. The number of anilines is 1. The van der Waals surface area contributed by atoms with E-state index < -0.39 is 12.0 Å². The molecule has 2 N–H and O–H groups in total. The zero-order valence-corrected chi connectivity index (χ0v) is 13.2. The molecule has 0 amide bonds. The van der Waals surface area contributed by atoms with Crippen LogP contribution < -0.4 is 10.9 Å². The van der Waals surface area contributed by atoms with Gasteiger partial charge in [0, 0.05) is 13.0 Å². The van der Waals surface area contributed by atoms with E-state index in [1.165, 1.54) is 10.8 Å². The zero-order valence-electron chi connectivity index (χ0n) is 13.2. The minimum Gasteiger partial charge on any atom is -0.480 e. The van der Waals surface area contributed by atoms with Crippen LogP contribution in [-0.2, 0) is 17.8 Å². The van der Waals surface area contributed by atoms with Crippen molar-refractivity contribution in [3.05, 3.63) is 57.3 Å². The third-order valence-corrected chi connectivity index (χ3v) is 4.07. The summed E-state index contributed by atoms with van der Waals surface area (Å²) in [7, 11) is 0. The van der Waals surface area contributed by atoms with Crippen LogP contribution >= 0.6 is 0 Å². The number of carboxylic acid groups (broad SMARTS) is 1. The quantitative estimate of drug-likeness (QED) is 0.902. The molecule has 0 unspecified atom stereocenters. The van der Waals surface area contributed by atoms with E-state index in [0.29, 0.717) is 30.9 Å². The van der Waals surface area contributed by atoms with Gasteiger partial charge in [0.2, 0.25) is 0 Å². The highest BCUT2D eigenvalue weighted by Gasteiger charge is 2.30. The number of aryl methyl sites for hydroxylation is 3. The van der Waals surface area contributed by atoms with Gasteiger partial charge in [-0.15, -0.1) is 0 Å². The second-order valence-corrected chi connectivity index (χ2v) is 6.01. The minimum atomic E-state index is -0.987. The second-order valence-electron chi connectivity index (χ2n) is 6.01. The lowest BCUT2D eigenvalue weighted by molar-refractivity contribution is -0.140. The Balaban J connectivity index is 1.86. The molecule has 0 fully saturated rings. The molecule has 2 aromatic rings. The summed E-state index contributed by atoms with van der Waals surface area (Å²) in [5, 5.41) is 12.3. The lowest BCUT2D eigenvalue weighted by atomic mass is 10.1. The Bertz CT molecular complexity index is 806. The summed E-state index contributed by atoms with van der Waals surface area (Å²) in [5.41, 5.74) is 3.42. The van der Waals surface area contributed by atoms with E-state index in [2.05, 4.69) is 28.5 Å². The molecule has 23 heavy (non-hydrogen) atoms. The third-order valence-electron chi connectivity index (χ3n) is 4.07. The highest BCUT2D eigenvalue weighted by molar-refractivity contribution is 5.72. The van der Waals surface area contributed by atoms with Crippen LogP contribution in [0.15, 0.2) is 29.2 Å². The maximum absolute atomic E-state index is 12.5. The van der Waals surface area contributed by atoms with Crippen molar-refractivity contribution in [1.82, 2.24) is 9.55 Å². The van der Waals surface area contributed by atoms with E-state index in [1.54, 1.807) is 0 Å². The summed E-state index contributed by atoms with van der Waals surface area (Å²) in [5.74, 6) is -0.446. The predicted molar refractivity (Wildman–Crippen MR) is 86.7 cm³/mol. The fourth-order valence-electron chi connectivity index (χ4n) is 3.13. The monoisotopic (exact) mass is 313 g/mol. The summed E-state index contributed by atoms with van der Waals surface area (Å²) >= 11 is 0. The molecule has 1 aromatic heterocycles. The Labute approximate surface area is 133 Å². The molecule has 0 aliphatic carbocycles. The van der Waals surface area contributed by atoms with E-state index in [-0.39, 0.29) is 5.56 Å². The number of carbonyl (C=O) groups is 1. The van der Waals surface area contributed by atoms with Gasteiger partial charge < -0.3 is 10.4 Å². The van der Waals surface area contributed by atoms with Gasteiger partial charge in [0.15, 0.2) is 0 Å². The first-order valence-corrected chi connectivity index (χ1v) is 7.60. The molecule has 0 saturated carbocycles. The lowest BCUT2D eigenvalue weighted by Crippen LogP contribution is -2.30. The molecule has 1 aliphatic rings. The Morgan fingerprint density at radius 3 is 2.70 bits per heavy atom. The summed E-state index contributed by atoms with van der Waals surface area (Å²) < 4.78 is 1.30. The van der Waals surface area contributed by atoms with Crippen molar-refractivity contribution < 1.29 is 9.90 Å². The standard InChI is InChI=1S/C17H19N3O3/c1-10-5-11(2)7-12(6-10)8-18-13-9-19-15-4-3-14(17(22)23)20(15)16(13)21/h5-7,9,14,18H,3-4,8H2,1-2H3,(H,22,23)/t14-/m0/s1. The van der Waals surface area contributed by atoms with Crippen molar-refractivity contribution in [2.75, 3.05) is 5.32 Å². The largest absolute Gasteiger partial charge is 0.480 e. The van der Waals surface area contributed by atoms with Crippen molar-refractivity contribution >= 4 is 11.7 Å². The molecule has 0 spiro atoms. The second kappa shape index (κ2) is 5.87. The van der Waals surface area contributed by atoms with Gasteiger partial charge in [-0.25, -0.2) is 9.78 Å².